The van der Waals surface area contributed by atoms with Crippen LogP contribution in [0.25, 0.3) is 0 Å². The molecule has 1 N–H and O–H groups in total. The molecule has 0 spiro atoms. The van der Waals surface area contributed by atoms with Crippen LogP contribution >= 0.6 is 45.2 Å². The first-order chi connectivity index (χ1) is 17.4. The van der Waals surface area contributed by atoms with Crippen LogP contribution in [0.4, 0.5) is 0 Å². The number of ether oxygens (including phenoxy) is 2. The molecule has 0 unspecified atom stereocenters. The number of halogens is 2. The van der Waals surface area contributed by atoms with Crippen LogP contribution in [0.2, 0.25) is 0 Å². The second-order valence-electron chi connectivity index (χ2n) is 8.24. The maximum Gasteiger partial charge on any atom is 0.257 e. The van der Waals surface area contributed by atoms with Gasteiger partial charge in [-0.2, -0.15) is 0 Å². The van der Waals surface area contributed by atoms with Gasteiger partial charge in [-0.1, -0.05) is 24.3 Å². The van der Waals surface area contributed by atoms with E-state index in [1.807, 2.05) is 92.0 Å². The molecular weight excluding hydrogens is 678 g/mol. The smallest absolute Gasteiger partial charge is 0.257 e. The summed E-state index contributed by atoms with van der Waals surface area (Å²) in [7, 11) is 3.70. The van der Waals surface area contributed by atoms with Crippen molar-refractivity contribution in [2.24, 2.45) is 0 Å². The molecule has 1 amide bonds. The van der Waals surface area contributed by atoms with E-state index in [1.165, 1.54) is 0 Å². The predicted octanol–water partition coefficient (Wildman–Crippen LogP) is 7.47. The highest BCUT2D eigenvalue weighted by molar-refractivity contribution is 14.1. The maximum absolute atomic E-state index is 13.4. The van der Waals surface area contributed by atoms with Crippen LogP contribution in [0.15, 0.2) is 91.0 Å². The van der Waals surface area contributed by atoms with E-state index < -0.39 is 0 Å². The van der Waals surface area contributed by atoms with Crippen LogP contribution in [-0.2, 0) is 13.1 Å². The summed E-state index contributed by atoms with van der Waals surface area (Å²) in [6.45, 7) is 1.11. The Labute approximate surface area is 239 Å². The van der Waals surface area contributed by atoms with Crippen molar-refractivity contribution in [1.29, 1.82) is 0 Å². The van der Waals surface area contributed by atoms with Crippen molar-refractivity contribution in [3.8, 4) is 23.0 Å². The zero-order valence-corrected chi connectivity index (χ0v) is 24.3. The second kappa shape index (κ2) is 12.6. The first kappa shape index (κ1) is 26.4. The maximum atomic E-state index is 13.4. The van der Waals surface area contributed by atoms with Crippen LogP contribution in [0.1, 0.15) is 21.5 Å². The highest BCUT2D eigenvalue weighted by Crippen LogP contribution is 2.29. The summed E-state index contributed by atoms with van der Waals surface area (Å²) in [5.41, 5.74) is 2.54. The molecule has 0 aliphatic rings. The van der Waals surface area contributed by atoms with Gasteiger partial charge in [-0.25, -0.2) is 0 Å². The third kappa shape index (κ3) is 6.98. The fourth-order valence-electron chi connectivity index (χ4n) is 3.67. The first-order valence-corrected chi connectivity index (χ1v) is 13.6. The van der Waals surface area contributed by atoms with Crippen LogP contribution in [0, 0.1) is 7.14 Å². The van der Waals surface area contributed by atoms with Gasteiger partial charge in [-0.05, 0) is 125 Å². The third-order valence-electron chi connectivity index (χ3n) is 5.47. The van der Waals surface area contributed by atoms with Crippen molar-refractivity contribution in [2.75, 3.05) is 14.1 Å². The SMILES string of the molecule is CNCc1ccc(CN(C)C(=O)c2ccccc2Oc2ccc(I)cc2)cc1Oc1ccc(I)cc1. The second-order valence-corrected chi connectivity index (χ2v) is 10.7. The molecule has 0 heterocycles. The Balaban J connectivity index is 1.52. The number of rotatable bonds is 9. The highest BCUT2D eigenvalue weighted by Gasteiger charge is 2.18. The molecule has 4 aromatic carbocycles. The van der Waals surface area contributed by atoms with E-state index in [-0.39, 0.29) is 5.91 Å². The Bertz CT molecular complexity index is 1330. The van der Waals surface area contributed by atoms with Gasteiger partial charge in [0.2, 0.25) is 0 Å². The van der Waals surface area contributed by atoms with Crippen molar-refractivity contribution in [2.45, 2.75) is 13.1 Å². The fraction of sp³-hybridized carbons (Fsp3) is 0.138. The van der Waals surface area contributed by atoms with Gasteiger partial charge in [-0.15, -0.1) is 0 Å². The average Bonchev–Trinajstić information content (AvgIpc) is 2.88. The molecule has 0 saturated carbocycles. The lowest BCUT2D eigenvalue weighted by molar-refractivity contribution is 0.0782. The number of nitrogens with one attached hydrogen (secondary N) is 1. The van der Waals surface area contributed by atoms with Crippen LogP contribution in [0.3, 0.4) is 0 Å². The van der Waals surface area contributed by atoms with E-state index in [0.29, 0.717) is 30.2 Å². The van der Waals surface area contributed by atoms with Crippen molar-refractivity contribution in [3.63, 3.8) is 0 Å². The molecule has 0 atom stereocenters. The summed E-state index contributed by atoms with van der Waals surface area (Å²) in [4.78, 5) is 15.1. The average molecular weight is 704 g/mol. The molecule has 36 heavy (non-hydrogen) atoms. The minimum atomic E-state index is -0.115. The van der Waals surface area contributed by atoms with Gasteiger partial charge in [0.25, 0.3) is 5.91 Å². The molecule has 5 nitrogen and oxygen atoms in total. The summed E-state index contributed by atoms with van der Waals surface area (Å²) < 4.78 is 14.5. The Morgan fingerprint density at radius 3 is 2.00 bits per heavy atom. The molecule has 184 valence electrons. The van der Waals surface area contributed by atoms with Crippen molar-refractivity contribution >= 4 is 51.1 Å². The van der Waals surface area contributed by atoms with E-state index in [0.717, 1.165) is 29.8 Å². The summed E-state index contributed by atoms with van der Waals surface area (Å²) >= 11 is 4.52. The molecule has 0 bridgehead atoms. The lowest BCUT2D eigenvalue weighted by Crippen LogP contribution is -2.26. The Morgan fingerprint density at radius 1 is 0.806 bits per heavy atom. The summed E-state index contributed by atoms with van der Waals surface area (Å²) in [5.74, 6) is 2.65. The van der Waals surface area contributed by atoms with Gasteiger partial charge >= 0.3 is 0 Å². The third-order valence-corrected chi connectivity index (χ3v) is 6.90. The molecule has 0 saturated heterocycles. The number of hydrogen-bond acceptors (Lipinski definition) is 4. The minimum Gasteiger partial charge on any atom is -0.457 e. The fourth-order valence-corrected chi connectivity index (χ4v) is 4.39. The molecule has 0 aliphatic carbocycles. The zero-order chi connectivity index (χ0) is 25.5. The largest absolute Gasteiger partial charge is 0.457 e. The zero-order valence-electron chi connectivity index (χ0n) is 20.0. The number of carbonyl (C=O) groups excluding carboxylic acids is 1. The molecule has 0 aromatic heterocycles. The molecule has 4 rings (SSSR count). The lowest BCUT2D eigenvalue weighted by Gasteiger charge is -2.20. The number of nitrogens with zero attached hydrogens (tertiary/aromatic N) is 1. The quantitative estimate of drug-likeness (QED) is 0.184. The van der Waals surface area contributed by atoms with Crippen molar-refractivity contribution in [3.05, 3.63) is 115 Å². The van der Waals surface area contributed by atoms with Crippen LogP contribution < -0.4 is 14.8 Å². The Morgan fingerprint density at radius 2 is 1.39 bits per heavy atom. The van der Waals surface area contributed by atoms with Crippen LogP contribution in [0.5, 0.6) is 23.0 Å². The van der Waals surface area contributed by atoms with E-state index in [2.05, 4.69) is 50.5 Å². The number of benzene rings is 4. The van der Waals surface area contributed by atoms with Crippen molar-refractivity contribution < 1.29 is 14.3 Å². The van der Waals surface area contributed by atoms with Crippen LogP contribution in [-0.4, -0.2) is 24.9 Å². The number of para-hydroxylation sites is 1. The molecule has 7 heteroatoms. The molecule has 0 radical (unpaired) electrons. The number of amides is 1. The summed E-state index contributed by atoms with van der Waals surface area (Å²) in [5, 5.41) is 3.19. The topological polar surface area (TPSA) is 50.8 Å². The number of hydrogen-bond donors (Lipinski definition) is 1. The van der Waals surface area contributed by atoms with Gasteiger partial charge in [0.1, 0.15) is 23.0 Å². The first-order valence-electron chi connectivity index (χ1n) is 11.4. The van der Waals surface area contributed by atoms with Gasteiger partial charge < -0.3 is 19.7 Å². The normalized spacial score (nSPS) is 10.7. The molecule has 4 aromatic rings. The van der Waals surface area contributed by atoms with E-state index >= 15 is 0 Å². The molecule has 0 aliphatic heterocycles. The summed E-state index contributed by atoms with van der Waals surface area (Å²) in [6, 6.07) is 29.1. The lowest BCUT2D eigenvalue weighted by atomic mass is 10.1. The molecule has 0 fully saturated rings. The standard InChI is InChI=1S/C29H26I2N2O3/c1-32-18-21-8-7-20(17-28(21)36-25-15-11-23(31)12-16-25)19-33(2)29(34)26-5-3-4-6-27(26)35-24-13-9-22(30)10-14-24/h3-17,32H,18-19H2,1-2H3. The van der Waals surface area contributed by atoms with Gasteiger partial charge in [0.05, 0.1) is 5.56 Å². The minimum absolute atomic E-state index is 0.115. The number of carbonyl (C=O) groups is 1. The summed E-state index contributed by atoms with van der Waals surface area (Å²) in [6.07, 6.45) is 0. The van der Waals surface area contributed by atoms with E-state index in [1.54, 1.807) is 18.0 Å². The Hall–Kier alpha value is -2.63. The van der Waals surface area contributed by atoms with E-state index in [4.69, 9.17) is 9.47 Å². The predicted molar refractivity (Wildman–Crippen MR) is 160 cm³/mol. The van der Waals surface area contributed by atoms with Gasteiger partial charge in [0, 0.05) is 32.8 Å². The Kier molecular flexibility index (Phi) is 9.22. The van der Waals surface area contributed by atoms with E-state index in [9.17, 15) is 4.79 Å². The van der Waals surface area contributed by atoms with Gasteiger partial charge in [0.15, 0.2) is 0 Å². The highest BCUT2D eigenvalue weighted by atomic mass is 127. The van der Waals surface area contributed by atoms with Crippen molar-refractivity contribution in [1.82, 2.24) is 10.2 Å². The monoisotopic (exact) mass is 704 g/mol. The molecular formula is C29H26I2N2O3. The van der Waals surface area contributed by atoms with Gasteiger partial charge in [-0.3, -0.25) is 4.79 Å².